The Kier molecular flexibility index (Phi) is 7.81. The first-order chi connectivity index (χ1) is 20.5. The van der Waals surface area contributed by atoms with Crippen molar-refractivity contribution in [3.63, 3.8) is 0 Å². The largest absolute Gasteiger partial charge is 0.407 e. The summed E-state index contributed by atoms with van der Waals surface area (Å²) in [5.74, 6) is -1.26. The molecule has 4 N–H and O–H groups in total. The number of hydrazine groups is 2. The molecule has 2 atom stereocenters. The number of carbonyl (C=O) groups excluding carboxylic acids is 2. The molecule has 3 aliphatic carbocycles. The number of anilines is 1. The topological polar surface area (TPSA) is 134 Å². The fraction of sp³-hybridized carbons (Fsp3) is 0.667. The molecular weight excluding hydrogens is 572 g/mol. The van der Waals surface area contributed by atoms with Gasteiger partial charge in [-0.3, -0.25) is 24.0 Å². The summed E-state index contributed by atoms with van der Waals surface area (Å²) in [4.78, 5) is 27.2. The predicted molar refractivity (Wildman–Crippen MR) is 146 cm³/mol. The lowest BCUT2D eigenvalue weighted by atomic mass is 9.88. The maximum atomic E-state index is 15.3. The molecule has 1 unspecified atom stereocenters. The number of amides is 2. The quantitative estimate of drug-likeness (QED) is 0.256. The number of carbonyl (C=O) groups is 2. The molecule has 1 aliphatic heterocycles. The van der Waals surface area contributed by atoms with Crippen molar-refractivity contribution >= 4 is 23.3 Å². The number of hydrazone groups is 1. The minimum Gasteiger partial charge on any atom is -0.339 e. The van der Waals surface area contributed by atoms with Gasteiger partial charge in [-0.25, -0.2) is 5.53 Å². The fourth-order valence-electron chi connectivity index (χ4n) is 5.99. The van der Waals surface area contributed by atoms with Gasteiger partial charge in [-0.15, -0.1) is 15.7 Å². The Balaban J connectivity index is 1.23. The number of aromatic nitrogens is 4. The maximum absolute atomic E-state index is 15.3. The highest BCUT2D eigenvalue weighted by Gasteiger charge is 2.49. The molecule has 16 heteroatoms. The Morgan fingerprint density at radius 2 is 1.81 bits per heavy atom. The Morgan fingerprint density at radius 1 is 1.12 bits per heavy atom. The average Bonchev–Trinajstić information content (AvgIpc) is 3.89. The molecule has 3 saturated carbocycles. The zero-order chi connectivity index (χ0) is 30.5. The van der Waals surface area contributed by atoms with Crippen LogP contribution in [0.15, 0.2) is 23.6 Å². The van der Waals surface area contributed by atoms with Gasteiger partial charge in [-0.05, 0) is 75.7 Å². The highest BCUT2D eigenvalue weighted by atomic mass is 19.4. The van der Waals surface area contributed by atoms with E-state index in [-0.39, 0.29) is 41.2 Å². The van der Waals surface area contributed by atoms with Crippen molar-refractivity contribution in [2.45, 2.75) is 83.1 Å². The summed E-state index contributed by atoms with van der Waals surface area (Å²) < 4.78 is 57.7. The summed E-state index contributed by atoms with van der Waals surface area (Å²) in [7, 11) is 0. The van der Waals surface area contributed by atoms with Gasteiger partial charge in [0.25, 0.3) is 11.9 Å². The van der Waals surface area contributed by atoms with Crippen molar-refractivity contribution in [1.82, 2.24) is 41.0 Å². The van der Waals surface area contributed by atoms with E-state index in [0.717, 1.165) is 43.5 Å². The van der Waals surface area contributed by atoms with E-state index in [1.807, 2.05) is 13.8 Å². The number of rotatable bonds is 13. The van der Waals surface area contributed by atoms with Gasteiger partial charge in [-0.2, -0.15) is 22.7 Å². The average molecular weight is 609 g/mol. The van der Waals surface area contributed by atoms with Crippen LogP contribution < -0.4 is 21.7 Å². The van der Waals surface area contributed by atoms with Crippen LogP contribution in [0.3, 0.4) is 0 Å². The lowest BCUT2D eigenvalue weighted by Crippen LogP contribution is -2.50. The molecule has 0 radical (unpaired) electrons. The highest BCUT2D eigenvalue weighted by Crippen LogP contribution is 2.51. The maximum Gasteiger partial charge on any atom is 0.407 e. The van der Waals surface area contributed by atoms with Crippen LogP contribution in [-0.2, 0) is 4.79 Å². The smallest absolute Gasteiger partial charge is 0.339 e. The first-order valence-corrected chi connectivity index (χ1v) is 14.8. The number of halogens is 4. The van der Waals surface area contributed by atoms with Crippen molar-refractivity contribution in [1.29, 1.82) is 0 Å². The molecule has 2 amide bonds. The molecule has 2 aromatic rings. The van der Waals surface area contributed by atoms with E-state index in [9.17, 15) is 22.8 Å². The zero-order valence-corrected chi connectivity index (χ0v) is 23.9. The van der Waals surface area contributed by atoms with E-state index >= 15 is 4.39 Å². The van der Waals surface area contributed by atoms with Gasteiger partial charge in [0, 0.05) is 12.2 Å². The van der Waals surface area contributed by atoms with Crippen LogP contribution in [0, 0.1) is 29.6 Å². The van der Waals surface area contributed by atoms with E-state index in [1.54, 1.807) is 10.7 Å². The van der Waals surface area contributed by atoms with E-state index < -0.39 is 42.6 Å². The molecule has 0 saturated heterocycles. The molecule has 3 fully saturated rings. The van der Waals surface area contributed by atoms with Crippen LogP contribution in [0.2, 0.25) is 0 Å². The predicted octanol–water partition coefficient (Wildman–Crippen LogP) is 3.51. The van der Waals surface area contributed by atoms with E-state index in [0.29, 0.717) is 12.1 Å². The zero-order valence-electron chi connectivity index (χ0n) is 23.9. The third-order valence-corrected chi connectivity index (χ3v) is 8.46. The molecular formula is C27H36F4N10O2. The van der Waals surface area contributed by atoms with Crippen molar-refractivity contribution in [2.75, 3.05) is 11.9 Å². The monoisotopic (exact) mass is 608 g/mol. The van der Waals surface area contributed by atoms with Gasteiger partial charge in [-0.1, -0.05) is 12.8 Å². The van der Waals surface area contributed by atoms with Crippen LogP contribution in [0.4, 0.5) is 23.2 Å². The van der Waals surface area contributed by atoms with Gasteiger partial charge in [0.1, 0.15) is 30.0 Å². The van der Waals surface area contributed by atoms with Gasteiger partial charge in [0.2, 0.25) is 5.91 Å². The summed E-state index contributed by atoms with van der Waals surface area (Å²) >= 11 is 0. The summed E-state index contributed by atoms with van der Waals surface area (Å²) in [6.45, 7) is 2.48. The second-order valence-corrected chi connectivity index (χ2v) is 12.4. The van der Waals surface area contributed by atoms with Crippen molar-refractivity contribution in [3.05, 3.63) is 30.1 Å². The van der Waals surface area contributed by atoms with Gasteiger partial charge in [0.15, 0.2) is 5.84 Å². The first kappa shape index (κ1) is 29.4. The SMILES string of the molecule is CC(C)n1nccc1C(=O)N[C@H](C(=O)Nc1cn(C(CC2CC2)C2=NNNN2CC(F)(F)F)nc1F)C(C1CC1)C1CC1. The van der Waals surface area contributed by atoms with E-state index in [2.05, 4.69) is 37.0 Å². The third kappa shape index (κ3) is 6.78. The lowest BCUT2D eigenvalue weighted by Gasteiger charge is -2.27. The molecule has 12 nitrogen and oxygen atoms in total. The summed E-state index contributed by atoms with van der Waals surface area (Å²) in [6.07, 6.45) is 4.33. The van der Waals surface area contributed by atoms with Gasteiger partial charge >= 0.3 is 6.18 Å². The van der Waals surface area contributed by atoms with Crippen LogP contribution >= 0.6 is 0 Å². The molecule has 43 heavy (non-hydrogen) atoms. The molecule has 234 valence electrons. The van der Waals surface area contributed by atoms with Crippen LogP contribution in [0.25, 0.3) is 0 Å². The Bertz CT molecular complexity index is 1360. The standard InChI is InChI=1S/C27H36F4N10O2/c1-14(2)41-19(9-10-32-41)25(42)34-22(21(16-5-6-16)17-7-8-17)26(43)33-18-12-39(36-23(18)28)20(11-15-3-4-15)24-35-37-38-40(24)13-27(29,30)31/h9-10,12,14-17,20-22,37-38H,3-8,11,13H2,1-2H3,(H,33,43)(H,34,42)/t20?,22-/m0/s1. The lowest BCUT2D eigenvalue weighted by molar-refractivity contribution is -0.143. The minimum atomic E-state index is -4.51. The first-order valence-electron chi connectivity index (χ1n) is 14.8. The second kappa shape index (κ2) is 11.4. The Hall–Kier alpha value is -3.69. The molecule has 0 aromatic carbocycles. The van der Waals surface area contributed by atoms with Gasteiger partial charge < -0.3 is 10.6 Å². The fourth-order valence-corrected chi connectivity index (χ4v) is 5.99. The molecule has 3 heterocycles. The summed E-state index contributed by atoms with van der Waals surface area (Å²) in [5.41, 5.74) is 4.83. The number of hydrogen-bond acceptors (Lipinski definition) is 8. The van der Waals surface area contributed by atoms with E-state index in [1.165, 1.54) is 17.1 Å². The van der Waals surface area contributed by atoms with E-state index in [4.69, 9.17) is 0 Å². The van der Waals surface area contributed by atoms with Crippen molar-refractivity contribution < 1.29 is 27.2 Å². The van der Waals surface area contributed by atoms with Crippen LogP contribution in [0.1, 0.15) is 81.4 Å². The Labute approximate surface area is 245 Å². The number of alkyl halides is 3. The number of nitrogens with one attached hydrogen (secondary N) is 4. The number of hydrogen-bond donors (Lipinski definition) is 4. The summed E-state index contributed by atoms with van der Waals surface area (Å²) in [5, 5.41) is 18.5. The van der Waals surface area contributed by atoms with Gasteiger partial charge in [0.05, 0.1) is 6.20 Å². The molecule has 6 rings (SSSR count). The Morgan fingerprint density at radius 3 is 2.42 bits per heavy atom. The highest BCUT2D eigenvalue weighted by molar-refractivity contribution is 6.00. The number of amidine groups is 1. The van der Waals surface area contributed by atoms with Crippen molar-refractivity contribution in [2.24, 2.45) is 28.8 Å². The molecule has 2 aromatic heterocycles. The van der Waals surface area contributed by atoms with Crippen LogP contribution in [0.5, 0.6) is 0 Å². The second-order valence-electron chi connectivity index (χ2n) is 12.4. The molecule has 0 bridgehead atoms. The summed E-state index contributed by atoms with van der Waals surface area (Å²) in [6, 6.07) is -0.205. The molecule has 0 spiro atoms. The third-order valence-electron chi connectivity index (χ3n) is 8.46. The van der Waals surface area contributed by atoms with Crippen LogP contribution in [-0.4, -0.2) is 61.0 Å². The number of nitrogens with zero attached hydrogens (tertiary/aromatic N) is 6. The molecule has 4 aliphatic rings. The van der Waals surface area contributed by atoms with Crippen molar-refractivity contribution in [3.8, 4) is 0 Å². The minimum absolute atomic E-state index is 0.0130. The normalized spacial score (nSPS) is 20.3.